The molecule has 0 radical (unpaired) electrons. The van der Waals surface area contributed by atoms with Gasteiger partial charge in [-0.3, -0.25) is 0 Å². The van der Waals surface area contributed by atoms with E-state index in [0.717, 1.165) is 12.2 Å². The van der Waals surface area contributed by atoms with E-state index in [1.165, 1.54) is 0 Å². The van der Waals surface area contributed by atoms with Crippen molar-refractivity contribution in [1.29, 1.82) is 0 Å². The molecule has 100 valence electrons. The van der Waals surface area contributed by atoms with Crippen molar-refractivity contribution in [3.05, 3.63) is 11.6 Å². The van der Waals surface area contributed by atoms with Crippen molar-refractivity contribution < 1.29 is 13.5 Å². The Morgan fingerprint density at radius 1 is 1.33 bits per heavy atom. The highest BCUT2D eigenvalue weighted by atomic mass is 32.2. The third-order valence-corrected chi connectivity index (χ3v) is 5.50. The molecule has 0 aromatic carbocycles. The van der Waals surface area contributed by atoms with Crippen LogP contribution in [0.4, 0.5) is 0 Å². The quantitative estimate of drug-likeness (QED) is 0.769. The molecule has 3 rings (SSSR count). The van der Waals surface area contributed by atoms with Gasteiger partial charge in [0.1, 0.15) is 5.82 Å². The first-order valence-corrected chi connectivity index (χ1v) is 8.18. The lowest BCUT2D eigenvalue weighted by atomic mass is 10.1. The molecule has 0 spiro atoms. The summed E-state index contributed by atoms with van der Waals surface area (Å²) < 4.78 is 25.0. The number of sulfone groups is 1. The van der Waals surface area contributed by atoms with Crippen LogP contribution >= 0.6 is 0 Å². The molecule has 2 unspecified atom stereocenters. The van der Waals surface area contributed by atoms with Gasteiger partial charge in [-0.2, -0.15) is 5.10 Å². The van der Waals surface area contributed by atoms with Crippen LogP contribution in [0.1, 0.15) is 36.8 Å². The first-order chi connectivity index (χ1) is 8.53. The second kappa shape index (κ2) is 4.31. The number of aryl methyl sites for hydroxylation is 1. The molecule has 0 aliphatic carbocycles. The second-order valence-electron chi connectivity index (χ2n) is 5.21. The van der Waals surface area contributed by atoms with Gasteiger partial charge in [0.2, 0.25) is 0 Å². The van der Waals surface area contributed by atoms with Gasteiger partial charge in [-0.05, 0) is 19.3 Å². The lowest BCUT2D eigenvalue weighted by molar-refractivity contribution is 0.124. The van der Waals surface area contributed by atoms with Crippen LogP contribution < -0.4 is 0 Å². The third-order valence-electron chi connectivity index (χ3n) is 3.68. The first kappa shape index (κ1) is 12.1. The SMILES string of the molecule is O=S1(=O)CCCC(c2nc3n(n2)CC(O)CC3)C1. The minimum Gasteiger partial charge on any atom is -0.391 e. The number of fused-ring (bicyclic) bond motifs is 1. The fraction of sp³-hybridized carbons (Fsp3) is 0.818. The molecule has 2 atom stereocenters. The Morgan fingerprint density at radius 2 is 2.17 bits per heavy atom. The monoisotopic (exact) mass is 271 g/mol. The average Bonchev–Trinajstić information content (AvgIpc) is 2.70. The van der Waals surface area contributed by atoms with Crippen LogP contribution in [0.2, 0.25) is 0 Å². The van der Waals surface area contributed by atoms with Gasteiger partial charge in [0.05, 0.1) is 24.2 Å². The molecule has 3 heterocycles. The number of aromatic nitrogens is 3. The minimum atomic E-state index is -2.93. The Kier molecular flexibility index (Phi) is 2.90. The Balaban J connectivity index is 1.85. The molecule has 1 N–H and O–H groups in total. The summed E-state index contributed by atoms with van der Waals surface area (Å²) in [6.45, 7) is 0.474. The summed E-state index contributed by atoms with van der Waals surface area (Å²) in [6, 6.07) is 0. The lowest BCUT2D eigenvalue weighted by Crippen LogP contribution is -2.25. The fourth-order valence-electron chi connectivity index (χ4n) is 2.71. The van der Waals surface area contributed by atoms with E-state index in [1.54, 1.807) is 4.68 Å². The summed E-state index contributed by atoms with van der Waals surface area (Å²) in [5.74, 6) is 1.90. The van der Waals surface area contributed by atoms with Crippen molar-refractivity contribution in [3.63, 3.8) is 0 Å². The molecule has 1 aromatic heterocycles. The van der Waals surface area contributed by atoms with Gasteiger partial charge in [0, 0.05) is 12.3 Å². The van der Waals surface area contributed by atoms with E-state index in [1.807, 2.05) is 0 Å². The molecule has 0 saturated carbocycles. The van der Waals surface area contributed by atoms with E-state index >= 15 is 0 Å². The maximum Gasteiger partial charge on any atom is 0.155 e. The third kappa shape index (κ3) is 2.29. The van der Waals surface area contributed by atoms with Gasteiger partial charge >= 0.3 is 0 Å². The number of aliphatic hydroxyl groups excluding tert-OH is 1. The first-order valence-electron chi connectivity index (χ1n) is 6.35. The molecule has 18 heavy (non-hydrogen) atoms. The van der Waals surface area contributed by atoms with Crippen molar-refractivity contribution >= 4 is 9.84 Å². The van der Waals surface area contributed by atoms with Crippen LogP contribution in [0, 0.1) is 0 Å². The van der Waals surface area contributed by atoms with Crippen molar-refractivity contribution in [2.45, 2.75) is 44.2 Å². The Labute approximate surface area is 106 Å². The van der Waals surface area contributed by atoms with Crippen molar-refractivity contribution in [3.8, 4) is 0 Å². The van der Waals surface area contributed by atoms with Crippen LogP contribution in [0.15, 0.2) is 0 Å². The second-order valence-corrected chi connectivity index (χ2v) is 7.44. The highest BCUT2D eigenvalue weighted by Gasteiger charge is 2.30. The Morgan fingerprint density at radius 3 is 2.94 bits per heavy atom. The van der Waals surface area contributed by atoms with Gasteiger partial charge < -0.3 is 5.11 Å². The maximum atomic E-state index is 11.6. The molecule has 1 fully saturated rings. The van der Waals surface area contributed by atoms with E-state index in [-0.39, 0.29) is 23.5 Å². The van der Waals surface area contributed by atoms with Crippen molar-refractivity contribution in [2.75, 3.05) is 11.5 Å². The smallest absolute Gasteiger partial charge is 0.155 e. The Hall–Kier alpha value is -0.950. The molecule has 1 aromatic rings. The standard InChI is InChI=1S/C11H17N3O3S/c15-9-3-4-10-12-11(13-14(10)6-9)8-2-1-5-18(16,17)7-8/h8-9,15H,1-7H2. The van der Waals surface area contributed by atoms with E-state index in [9.17, 15) is 13.5 Å². The van der Waals surface area contributed by atoms with Crippen molar-refractivity contribution in [2.24, 2.45) is 0 Å². The summed E-state index contributed by atoms with van der Waals surface area (Å²) in [4.78, 5) is 4.45. The zero-order chi connectivity index (χ0) is 12.8. The minimum absolute atomic E-state index is 0.0704. The summed E-state index contributed by atoms with van der Waals surface area (Å²) >= 11 is 0. The largest absolute Gasteiger partial charge is 0.391 e. The lowest BCUT2D eigenvalue weighted by Gasteiger charge is -2.19. The molecular weight excluding hydrogens is 254 g/mol. The van der Waals surface area contributed by atoms with E-state index in [0.29, 0.717) is 31.6 Å². The molecule has 2 aliphatic heterocycles. The molecule has 0 amide bonds. The summed E-state index contributed by atoms with van der Waals surface area (Å²) in [5, 5.41) is 13.9. The zero-order valence-corrected chi connectivity index (χ0v) is 10.9. The topological polar surface area (TPSA) is 85.1 Å². The molecule has 7 heteroatoms. The van der Waals surface area contributed by atoms with Crippen LogP contribution in [0.3, 0.4) is 0 Å². The Bertz CT molecular complexity index is 552. The van der Waals surface area contributed by atoms with Gasteiger partial charge in [-0.15, -0.1) is 0 Å². The predicted octanol–water partition coefficient (Wildman–Crippen LogP) is -0.123. The van der Waals surface area contributed by atoms with Crippen LogP contribution in [0.25, 0.3) is 0 Å². The molecule has 1 saturated heterocycles. The molecule has 6 nitrogen and oxygen atoms in total. The van der Waals surface area contributed by atoms with Gasteiger partial charge in [0.25, 0.3) is 0 Å². The fourth-order valence-corrected chi connectivity index (χ4v) is 4.41. The number of hydrogen-bond donors (Lipinski definition) is 1. The highest BCUT2D eigenvalue weighted by Crippen LogP contribution is 2.27. The van der Waals surface area contributed by atoms with Crippen LogP contribution in [0.5, 0.6) is 0 Å². The van der Waals surface area contributed by atoms with Gasteiger partial charge in [-0.25, -0.2) is 18.1 Å². The summed E-state index contributed by atoms with van der Waals surface area (Å²) in [6.07, 6.45) is 2.60. The molecule has 0 bridgehead atoms. The van der Waals surface area contributed by atoms with Gasteiger partial charge in [-0.1, -0.05) is 0 Å². The summed E-state index contributed by atoms with van der Waals surface area (Å²) in [5.41, 5.74) is 0. The highest BCUT2D eigenvalue weighted by molar-refractivity contribution is 7.91. The van der Waals surface area contributed by atoms with E-state index < -0.39 is 9.84 Å². The molecular formula is C11H17N3O3S. The van der Waals surface area contributed by atoms with Crippen LogP contribution in [-0.2, 0) is 22.8 Å². The summed E-state index contributed by atoms with van der Waals surface area (Å²) in [7, 11) is -2.93. The number of rotatable bonds is 1. The van der Waals surface area contributed by atoms with Crippen molar-refractivity contribution in [1.82, 2.24) is 14.8 Å². The van der Waals surface area contributed by atoms with E-state index in [2.05, 4.69) is 10.1 Å². The van der Waals surface area contributed by atoms with Crippen LogP contribution in [-0.4, -0.2) is 45.9 Å². The van der Waals surface area contributed by atoms with E-state index in [4.69, 9.17) is 0 Å². The average molecular weight is 271 g/mol. The van der Waals surface area contributed by atoms with Gasteiger partial charge in [0.15, 0.2) is 15.7 Å². The number of aliphatic hydroxyl groups is 1. The predicted molar refractivity (Wildman–Crippen MR) is 65.0 cm³/mol. The maximum absolute atomic E-state index is 11.6. The number of hydrogen-bond acceptors (Lipinski definition) is 5. The zero-order valence-electron chi connectivity index (χ0n) is 10.1. The number of nitrogens with zero attached hydrogens (tertiary/aromatic N) is 3. The molecule has 2 aliphatic rings. The normalized spacial score (nSPS) is 30.9.